The Morgan fingerprint density at radius 1 is 1.47 bits per heavy atom. The maximum absolute atomic E-state index is 12.5. The molecule has 19 heavy (non-hydrogen) atoms. The molecule has 0 aromatic carbocycles. The molecule has 1 aliphatic rings. The third kappa shape index (κ3) is 4.19. The number of carbonyl (C=O) groups excluding carboxylic acids is 1. The molecule has 1 fully saturated rings. The van der Waals surface area contributed by atoms with Gasteiger partial charge in [0.1, 0.15) is 12.2 Å². The molecule has 104 valence electrons. The highest BCUT2D eigenvalue weighted by atomic mass is 79.9. The smallest absolute Gasteiger partial charge is 0.328 e. The number of rotatable bonds is 4. The van der Waals surface area contributed by atoms with Crippen LogP contribution in [0.25, 0.3) is 0 Å². The lowest BCUT2D eigenvalue weighted by Gasteiger charge is -2.23. The van der Waals surface area contributed by atoms with E-state index in [0.29, 0.717) is 4.47 Å². The minimum absolute atomic E-state index is 0.0207. The Morgan fingerprint density at radius 3 is 2.68 bits per heavy atom. The van der Waals surface area contributed by atoms with Crippen LogP contribution in [-0.4, -0.2) is 35.1 Å². The fourth-order valence-corrected chi connectivity index (χ4v) is 2.17. The lowest BCUT2D eigenvalue weighted by molar-refractivity contribution is -0.141. The van der Waals surface area contributed by atoms with Gasteiger partial charge in [0, 0.05) is 17.2 Å². The monoisotopic (exact) mass is 336 g/mol. The highest BCUT2D eigenvalue weighted by Crippen LogP contribution is 2.31. The van der Waals surface area contributed by atoms with E-state index in [1.807, 2.05) is 0 Å². The standard InChI is InChI=1S/C12H12BrF3N2O/c13-9-2-1-5-17-10(9)11(19)18(6-8-3-4-8)7-12(14,15)16/h1-2,5,8H,3-4,6-7H2. The van der Waals surface area contributed by atoms with Crippen molar-refractivity contribution in [2.24, 2.45) is 5.92 Å². The third-order valence-electron chi connectivity index (χ3n) is 2.79. The normalized spacial score (nSPS) is 15.4. The molecule has 0 bridgehead atoms. The first kappa shape index (κ1) is 14.3. The minimum atomic E-state index is -4.40. The summed E-state index contributed by atoms with van der Waals surface area (Å²) in [4.78, 5) is 16.8. The van der Waals surface area contributed by atoms with E-state index in [4.69, 9.17) is 0 Å². The fourth-order valence-electron chi connectivity index (χ4n) is 1.74. The second-order valence-electron chi connectivity index (χ2n) is 4.58. The Balaban J connectivity index is 2.17. The first-order chi connectivity index (χ1) is 8.87. The van der Waals surface area contributed by atoms with Crippen molar-refractivity contribution < 1.29 is 18.0 Å². The van der Waals surface area contributed by atoms with Crippen LogP contribution >= 0.6 is 15.9 Å². The number of alkyl halides is 3. The van der Waals surface area contributed by atoms with Gasteiger partial charge in [-0.2, -0.15) is 13.2 Å². The van der Waals surface area contributed by atoms with Gasteiger partial charge in [-0.15, -0.1) is 0 Å². The van der Waals surface area contributed by atoms with Gasteiger partial charge < -0.3 is 4.90 Å². The third-order valence-corrected chi connectivity index (χ3v) is 3.43. The van der Waals surface area contributed by atoms with Crippen LogP contribution in [0.15, 0.2) is 22.8 Å². The van der Waals surface area contributed by atoms with E-state index in [1.165, 1.54) is 6.20 Å². The molecule has 0 aliphatic heterocycles. The summed E-state index contributed by atoms with van der Waals surface area (Å²) in [6, 6.07) is 3.19. The Kier molecular flexibility index (Phi) is 4.13. The SMILES string of the molecule is O=C(c1ncccc1Br)N(CC1CC1)CC(F)(F)F. The molecule has 1 saturated carbocycles. The summed E-state index contributed by atoms with van der Waals surface area (Å²) < 4.78 is 38.0. The van der Waals surface area contributed by atoms with Crippen molar-refractivity contribution in [3.8, 4) is 0 Å². The van der Waals surface area contributed by atoms with E-state index in [9.17, 15) is 18.0 Å². The van der Waals surface area contributed by atoms with Gasteiger partial charge in [-0.25, -0.2) is 4.98 Å². The van der Waals surface area contributed by atoms with Crippen LogP contribution < -0.4 is 0 Å². The Labute approximate surface area is 116 Å². The zero-order valence-electron chi connectivity index (χ0n) is 9.95. The molecule has 2 rings (SSSR count). The molecular weight excluding hydrogens is 325 g/mol. The van der Waals surface area contributed by atoms with Crippen LogP contribution in [0.3, 0.4) is 0 Å². The summed E-state index contributed by atoms with van der Waals surface area (Å²) in [7, 11) is 0. The van der Waals surface area contributed by atoms with Gasteiger partial charge in [0.15, 0.2) is 0 Å². The molecule has 0 atom stereocenters. The van der Waals surface area contributed by atoms with Crippen LogP contribution in [0.2, 0.25) is 0 Å². The van der Waals surface area contributed by atoms with Gasteiger partial charge in [-0.05, 0) is 46.8 Å². The number of pyridine rings is 1. The van der Waals surface area contributed by atoms with Crippen molar-refractivity contribution in [1.29, 1.82) is 0 Å². The van der Waals surface area contributed by atoms with Crippen LogP contribution in [0.5, 0.6) is 0 Å². The van der Waals surface area contributed by atoms with Gasteiger partial charge in [0.2, 0.25) is 0 Å². The highest BCUT2D eigenvalue weighted by Gasteiger charge is 2.37. The molecule has 0 radical (unpaired) electrons. The molecule has 0 spiro atoms. The molecular formula is C12H12BrF3N2O. The summed E-state index contributed by atoms with van der Waals surface area (Å²) in [5.41, 5.74) is 0.0207. The van der Waals surface area contributed by atoms with E-state index < -0.39 is 18.6 Å². The first-order valence-electron chi connectivity index (χ1n) is 5.83. The van der Waals surface area contributed by atoms with Gasteiger partial charge >= 0.3 is 6.18 Å². The highest BCUT2D eigenvalue weighted by molar-refractivity contribution is 9.10. The second kappa shape index (κ2) is 5.48. The van der Waals surface area contributed by atoms with Crippen LogP contribution in [-0.2, 0) is 0 Å². The number of halogens is 4. The number of amides is 1. The van der Waals surface area contributed by atoms with Gasteiger partial charge in [0.05, 0.1) is 0 Å². The number of hydrogen-bond donors (Lipinski definition) is 0. The minimum Gasteiger partial charge on any atom is -0.328 e. The van der Waals surface area contributed by atoms with E-state index in [-0.39, 0.29) is 18.2 Å². The summed E-state index contributed by atoms with van der Waals surface area (Å²) in [5.74, 6) is -0.495. The number of carbonyl (C=O) groups is 1. The molecule has 3 nitrogen and oxygen atoms in total. The molecule has 1 aromatic rings. The number of aromatic nitrogens is 1. The molecule has 1 aliphatic carbocycles. The Bertz CT molecular complexity index is 474. The number of nitrogens with zero attached hydrogens (tertiary/aromatic N) is 2. The lowest BCUT2D eigenvalue weighted by atomic mass is 10.2. The maximum Gasteiger partial charge on any atom is 0.406 e. The van der Waals surface area contributed by atoms with E-state index in [1.54, 1.807) is 12.1 Å². The topological polar surface area (TPSA) is 33.2 Å². The van der Waals surface area contributed by atoms with Gasteiger partial charge in [0.25, 0.3) is 5.91 Å². The zero-order chi connectivity index (χ0) is 14.0. The van der Waals surface area contributed by atoms with E-state index in [2.05, 4.69) is 20.9 Å². The van der Waals surface area contributed by atoms with E-state index in [0.717, 1.165) is 17.7 Å². The van der Waals surface area contributed by atoms with Crippen molar-refractivity contribution in [2.45, 2.75) is 19.0 Å². The fraction of sp³-hybridized carbons (Fsp3) is 0.500. The van der Waals surface area contributed by atoms with Gasteiger partial charge in [-0.1, -0.05) is 0 Å². The average Bonchev–Trinajstić information content (AvgIpc) is 3.10. The zero-order valence-corrected chi connectivity index (χ0v) is 11.5. The maximum atomic E-state index is 12.5. The molecule has 1 heterocycles. The average molecular weight is 337 g/mol. The molecule has 1 amide bonds. The lowest BCUT2D eigenvalue weighted by Crippen LogP contribution is -2.40. The molecule has 0 N–H and O–H groups in total. The van der Waals surface area contributed by atoms with Crippen LogP contribution in [0.4, 0.5) is 13.2 Å². The van der Waals surface area contributed by atoms with Crippen molar-refractivity contribution in [3.63, 3.8) is 0 Å². The van der Waals surface area contributed by atoms with Gasteiger partial charge in [-0.3, -0.25) is 4.79 Å². The van der Waals surface area contributed by atoms with Crippen LogP contribution in [0.1, 0.15) is 23.3 Å². The molecule has 0 unspecified atom stereocenters. The van der Waals surface area contributed by atoms with Crippen molar-refractivity contribution in [1.82, 2.24) is 9.88 Å². The summed E-state index contributed by atoms with van der Waals surface area (Å²) in [6.45, 7) is -1.09. The Morgan fingerprint density at radius 2 is 2.16 bits per heavy atom. The summed E-state index contributed by atoms with van der Waals surface area (Å²) in [6.07, 6.45) is -1.25. The van der Waals surface area contributed by atoms with Crippen molar-refractivity contribution in [3.05, 3.63) is 28.5 Å². The van der Waals surface area contributed by atoms with Crippen LogP contribution in [0, 0.1) is 5.92 Å². The first-order valence-corrected chi connectivity index (χ1v) is 6.62. The predicted octanol–water partition coefficient (Wildman–Crippen LogP) is 3.26. The molecule has 7 heteroatoms. The number of hydrogen-bond acceptors (Lipinski definition) is 2. The summed E-state index contributed by atoms with van der Waals surface area (Å²) in [5, 5.41) is 0. The van der Waals surface area contributed by atoms with Crippen molar-refractivity contribution in [2.75, 3.05) is 13.1 Å². The van der Waals surface area contributed by atoms with Crippen molar-refractivity contribution >= 4 is 21.8 Å². The quantitative estimate of drug-likeness (QED) is 0.845. The predicted molar refractivity (Wildman–Crippen MR) is 66.6 cm³/mol. The molecule has 0 saturated heterocycles. The van der Waals surface area contributed by atoms with E-state index >= 15 is 0 Å². The second-order valence-corrected chi connectivity index (χ2v) is 5.43. The summed E-state index contributed by atoms with van der Waals surface area (Å²) >= 11 is 3.14. The molecule has 1 aromatic heterocycles. The Hall–Kier alpha value is -1.11. The largest absolute Gasteiger partial charge is 0.406 e.